The van der Waals surface area contributed by atoms with E-state index in [2.05, 4.69) is 15.5 Å². The molecule has 3 amide bonds. The Balaban J connectivity index is 1.25. The van der Waals surface area contributed by atoms with Gasteiger partial charge in [0, 0.05) is 73.8 Å². The second-order valence-electron chi connectivity index (χ2n) is 15.5. The Morgan fingerprint density at radius 2 is 1.53 bits per heavy atom. The number of aryl methyl sites for hydroxylation is 2. The van der Waals surface area contributed by atoms with E-state index in [0.717, 1.165) is 27.7 Å². The van der Waals surface area contributed by atoms with Crippen LogP contribution in [0.25, 0.3) is 10.9 Å². The standard InChI is InChI=1S/C37H52N6O7S/c1-24-10-11-28(40-16-18-41(19-17-40)35(46)50-37(7,8)9)20-31(24)39-33(44)26(3)43-22-25(2)30-21-29(12-13-32(30)43)51(47,48)42-15-14-27(23-42)38-34(45)49-36(4,5)6/h10-13,20-22,26-27H,14-19,23H2,1-9H3,(H,38,45)(H,39,44)/t26?,27-/m1/s1. The summed E-state index contributed by atoms with van der Waals surface area (Å²) in [7, 11) is -3.83. The smallest absolute Gasteiger partial charge is 0.410 e. The Kier molecular flexibility index (Phi) is 10.7. The van der Waals surface area contributed by atoms with Gasteiger partial charge in [-0.3, -0.25) is 4.79 Å². The average Bonchev–Trinajstić information content (AvgIpc) is 3.64. The summed E-state index contributed by atoms with van der Waals surface area (Å²) in [5.74, 6) is -0.209. The number of sulfonamides is 1. The molecule has 278 valence electrons. The zero-order valence-corrected chi connectivity index (χ0v) is 32.0. The molecule has 5 rings (SSSR count). The van der Waals surface area contributed by atoms with E-state index >= 15 is 0 Å². The zero-order valence-electron chi connectivity index (χ0n) is 31.2. The SMILES string of the molecule is Cc1ccc(N2CCN(C(=O)OC(C)(C)C)CC2)cc1NC(=O)C(C)n1cc(C)c2cc(S(=O)(=O)N3CC[C@@H](NC(=O)OC(C)(C)C)C3)ccc21. The molecule has 51 heavy (non-hydrogen) atoms. The van der Waals surface area contributed by atoms with Gasteiger partial charge in [-0.25, -0.2) is 18.0 Å². The molecule has 3 aromatic rings. The summed E-state index contributed by atoms with van der Waals surface area (Å²) in [6.45, 7) is 19.3. The maximum Gasteiger partial charge on any atom is 0.410 e. The molecule has 1 unspecified atom stereocenters. The van der Waals surface area contributed by atoms with Crippen molar-refractivity contribution in [3.8, 4) is 0 Å². The highest BCUT2D eigenvalue weighted by atomic mass is 32.2. The van der Waals surface area contributed by atoms with Crippen molar-refractivity contribution in [3.63, 3.8) is 0 Å². The van der Waals surface area contributed by atoms with E-state index in [4.69, 9.17) is 9.47 Å². The van der Waals surface area contributed by atoms with Gasteiger partial charge in [0.25, 0.3) is 0 Å². The molecule has 0 bridgehead atoms. The summed E-state index contributed by atoms with van der Waals surface area (Å²) >= 11 is 0. The lowest BCUT2D eigenvalue weighted by Crippen LogP contribution is -2.50. The van der Waals surface area contributed by atoms with Crippen LogP contribution < -0.4 is 15.5 Å². The van der Waals surface area contributed by atoms with Crippen LogP contribution >= 0.6 is 0 Å². The number of aromatic nitrogens is 1. The Labute approximate surface area is 301 Å². The lowest BCUT2D eigenvalue weighted by molar-refractivity contribution is -0.118. The second kappa shape index (κ2) is 14.4. The fourth-order valence-electron chi connectivity index (χ4n) is 6.35. The number of ether oxygens (including phenoxy) is 2. The van der Waals surface area contributed by atoms with Gasteiger partial charge in [-0.1, -0.05) is 6.07 Å². The Bertz CT molecular complexity index is 1900. The minimum absolute atomic E-state index is 0.152. The number of benzene rings is 2. The number of fused-ring (bicyclic) bond motifs is 1. The van der Waals surface area contributed by atoms with E-state index in [1.165, 1.54) is 4.31 Å². The van der Waals surface area contributed by atoms with Gasteiger partial charge in [0.05, 0.1) is 4.90 Å². The predicted molar refractivity (Wildman–Crippen MR) is 198 cm³/mol. The summed E-state index contributed by atoms with van der Waals surface area (Å²) in [5, 5.41) is 6.62. The molecule has 2 N–H and O–H groups in total. The van der Waals surface area contributed by atoms with Crippen molar-refractivity contribution in [2.75, 3.05) is 49.5 Å². The van der Waals surface area contributed by atoms with Gasteiger partial charge < -0.3 is 34.5 Å². The molecule has 13 nitrogen and oxygen atoms in total. The number of carbonyl (C=O) groups is 3. The first-order chi connectivity index (χ1) is 23.7. The molecule has 0 radical (unpaired) electrons. The molecule has 2 aliphatic rings. The third-order valence-electron chi connectivity index (χ3n) is 9.09. The number of nitrogens with one attached hydrogen (secondary N) is 2. The molecule has 0 spiro atoms. The van der Waals surface area contributed by atoms with Crippen LogP contribution in [0.15, 0.2) is 47.5 Å². The molecule has 2 aromatic carbocycles. The quantitative estimate of drug-likeness (QED) is 0.311. The van der Waals surface area contributed by atoms with Crippen molar-refractivity contribution in [1.29, 1.82) is 0 Å². The van der Waals surface area contributed by atoms with Crippen LogP contribution in [-0.4, -0.2) is 96.8 Å². The number of hydrogen-bond donors (Lipinski definition) is 2. The molecule has 0 aliphatic carbocycles. The second-order valence-corrected chi connectivity index (χ2v) is 17.5. The highest BCUT2D eigenvalue weighted by molar-refractivity contribution is 7.89. The maximum absolute atomic E-state index is 13.7. The first-order valence-corrected chi connectivity index (χ1v) is 18.9. The van der Waals surface area contributed by atoms with Crippen LogP contribution in [0.1, 0.15) is 72.1 Å². The number of piperazine rings is 1. The number of carbonyl (C=O) groups excluding carboxylic acids is 3. The average molecular weight is 725 g/mol. The molecule has 2 atom stereocenters. The molecule has 3 heterocycles. The molecule has 0 saturated carbocycles. The van der Waals surface area contributed by atoms with Crippen LogP contribution in [0.5, 0.6) is 0 Å². The van der Waals surface area contributed by atoms with Gasteiger partial charge in [-0.2, -0.15) is 4.31 Å². The molecule has 2 saturated heterocycles. The lowest BCUT2D eigenvalue weighted by atomic mass is 10.1. The lowest BCUT2D eigenvalue weighted by Gasteiger charge is -2.37. The van der Waals surface area contributed by atoms with Gasteiger partial charge in [0.1, 0.15) is 17.2 Å². The third-order valence-corrected chi connectivity index (χ3v) is 10.9. The predicted octanol–water partition coefficient (Wildman–Crippen LogP) is 5.80. The number of anilines is 2. The monoisotopic (exact) mass is 724 g/mol. The summed E-state index contributed by atoms with van der Waals surface area (Å²) in [6.07, 6.45) is 1.47. The van der Waals surface area contributed by atoms with Crippen molar-refractivity contribution in [2.24, 2.45) is 0 Å². The third kappa shape index (κ3) is 8.96. The summed E-state index contributed by atoms with van der Waals surface area (Å²) in [4.78, 5) is 42.5. The van der Waals surface area contributed by atoms with E-state index in [0.29, 0.717) is 38.3 Å². The summed E-state index contributed by atoms with van der Waals surface area (Å²) in [5.41, 5.74) is 2.96. The summed E-state index contributed by atoms with van der Waals surface area (Å²) < 4.78 is 41.4. The number of alkyl carbamates (subject to hydrolysis) is 1. The zero-order chi connectivity index (χ0) is 37.5. The van der Waals surface area contributed by atoms with Gasteiger partial charge in [-0.05, 0) is 110 Å². The van der Waals surface area contributed by atoms with Crippen molar-refractivity contribution in [2.45, 2.75) is 96.9 Å². The normalized spacial score (nSPS) is 18.1. The van der Waals surface area contributed by atoms with E-state index in [9.17, 15) is 22.8 Å². The van der Waals surface area contributed by atoms with E-state index in [1.807, 2.05) is 70.5 Å². The van der Waals surface area contributed by atoms with Gasteiger partial charge in [0.15, 0.2) is 0 Å². The largest absolute Gasteiger partial charge is 0.444 e. The van der Waals surface area contributed by atoms with Gasteiger partial charge >= 0.3 is 12.2 Å². The minimum Gasteiger partial charge on any atom is -0.444 e. The molecule has 14 heteroatoms. The minimum atomic E-state index is -3.83. The van der Waals surface area contributed by atoms with Crippen LogP contribution in [0, 0.1) is 13.8 Å². The summed E-state index contributed by atoms with van der Waals surface area (Å²) in [6, 6.07) is 9.99. The molecular weight excluding hydrogens is 673 g/mol. The fourth-order valence-corrected chi connectivity index (χ4v) is 7.88. The number of amides is 3. The van der Waals surface area contributed by atoms with Gasteiger partial charge in [-0.15, -0.1) is 0 Å². The van der Waals surface area contributed by atoms with Crippen LogP contribution in [0.2, 0.25) is 0 Å². The van der Waals surface area contributed by atoms with Crippen LogP contribution in [0.3, 0.4) is 0 Å². The first-order valence-electron chi connectivity index (χ1n) is 17.5. The van der Waals surface area contributed by atoms with E-state index in [-0.39, 0.29) is 36.0 Å². The van der Waals surface area contributed by atoms with E-state index < -0.39 is 33.4 Å². The molecular formula is C37H52N6O7S. The topological polar surface area (TPSA) is 143 Å². The van der Waals surface area contributed by atoms with Crippen molar-refractivity contribution in [1.82, 2.24) is 19.1 Å². The fraction of sp³-hybridized carbons (Fsp3) is 0.541. The number of rotatable bonds is 7. The Morgan fingerprint density at radius 1 is 0.863 bits per heavy atom. The van der Waals surface area contributed by atoms with Crippen molar-refractivity contribution >= 4 is 50.4 Å². The first kappa shape index (κ1) is 37.9. The number of nitrogens with zero attached hydrogens (tertiary/aromatic N) is 4. The van der Waals surface area contributed by atoms with Crippen LogP contribution in [0.4, 0.5) is 21.0 Å². The van der Waals surface area contributed by atoms with Crippen LogP contribution in [-0.2, 0) is 24.3 Å². The highest BCUT2D eigenvalue weighted by Crippen LogP contribution is 2.31. The van der Waals surface area contributed by atoms with Crippen molar-refractivity contribution < 1.29 is 32.3 Å². The van der Waals surface area contributed by atoms with Crippen molar-refractivity contribution in [3.05, 3.63) is 53.7 Å². The Hall–Kier alpha value is -4.30. The highest BCUT2D eigenvalue weighted by Gasteiger charge is 2.35. The molecule has 1 aromatic heterocycles. The van der Waals surface area contributed by atoms with Gasteiger partial charge in [0.2, 0.25) is 15.9 Å². The van der Waals surface area contributed by atoms with E-state index in [1.54, 1.807) is 43.9 Å². The number of hydrogen-bond acceptors (Lipinski definition) is 8. The Morgan fingerprint density at radius 3 is 2.18 bits per heavy atom. The molecule has 2 aliphatic heterocycles. The maximum atomic E-state index is 13.7. The molecule has 2 fully saturated rings.